The molecule has 0 spiro atoms. The molecule has 1 aliphatic rings. The lowest BCUT2D eigenvalue weighted by Gasteiger charge is -2.27. The maximum Gasteiger partial charge on any atom is 0.191 e. The highest BCUT2D eigenvalue weighted by atomic mass is 127. The summed E-state index contributed by atoms with van der Waals surface area (Å²) in [7, 11) is 1.60. The van der Waals surface area contributed by atoms with Crippen LogP contribution in [-0.4, -0.2) is 43.5 Å². The normalized spacial score (nSPS) is 19.4. The van der Waals surface area contributed by atoms with Gasteiger partial charge in [-0.05, 0) is 50.3 Å². The second-order valence-corrected chi connectivity index (χ2v) is 6.32. The van der Waals surface area contributed by atoms with Crippen LogP contribution in [0.4, 0.5) is 0 Å². The molecule has 1 aliphatic carbocycles. The van der Waals surface area contributed by atoms with E-state index in [1.54, 1.807) is 7.11 Å². The van der Waals surface area contributed by atoms with Gasteiger partial charge in [0.25, 0.3) is 0 Å². The number of nitrogens with zero attached hydrogens (tertiary/aromatic N) is 1. The third-order valence-corrected chi connectivity index (χ3v) is 4.34. The molecule has 0 aliphatic heterocycles. The van der Waals surface area contributed by atoms with Crippen LogP contribution in [0.5, 0.6) is 11.5 Å². The smallest absolute Gasteiger partial charge is 0.191 e. The zero-order valence-corrected chi connectivity index (χ0v) is 18.4. The molecule has 1 aromatic rings. The number of nitrogens with one attached hydrogen (secondary N) is 2. The van der Waals surface area contributed by atoms with Crippen molar-refractivity contribution in [1.82, 2.24) is 10.6 Å². The first-order valence-electron chi connectivity index (χ1n) is 9.12. The SMILES string of the molecule is C#CCOc1cc(CN=C(NCC)NC2CCC(O)CC2)ccc1OC.I. The summed E-state index contributed by atoms with van der Waals surface area (Å²) in [6.07, 6.45) is 8.70. The van der Waals surface area contributed by atoms with Gasteiger partial charge in [-0.1, -0.05) is 12.0 Å². The van der Waals surface area contributed by atoms with E-state index in [2.05, 4.69) is 21.5 Å². The van der Waals surface area contributed by atoms with E-state index in [4.69, 9.17) is 15.9 Å². The van der Waals surface area contributed by atoms with Gasteiger partial charge in [-0.3, -0.25) is 0 Å². The topological polar surface area (TPSA) is 75.1 Å². The molecule has 2 rings (SSSR count). The fraction of sp³-hybridized carbons (Fsp3) is 0.550. The number of hydrogen-bond donors (Lipinski definition) is 3. The van der Waals surface area contributed by atoms with E-state index in [1.807, 2.05) is 25.1 Å². The minimum absolute atomic E-state index is 0. The van der Waals surface area contributed by atoms with Crippen molar-refractivity contribution >= 4 is 29.9 Å². The van der Waals surface area contributed by atoms with E-state index < -0.39 is 0 Å². The molecular formula is C20H30IN3O3. The third kappa shape index (κ3) is 7.85. The molecule has 1 saturated carbocycles. The molecule has 0 aromatic heterocycles. The average molecular weight is 487 g/mol. The highest BCUT2D eigenvalue weighted by Crippen LogP contribution is 2.28. The highest BCUT2D eigenvalue weighted by Gasteiger charge is 2.19. The Labute approximate surface area is 179 Å². The fourth-order valence-corrected chi connectivity index (χ4v) is 2.96. The van der Waals surface area contributed by atoms with Crippen molar-refractivity contribution in [2.75, 3.05) is 20.3 Å². The molecule has 0 heterocycles. The Hall–Kier alpha value is -1.66. The molecule has 0 amide bonds. The molecule has 6 nitrogen and oxygen atoms in total. The van der Waals surface area contributed by atoms with Crippen molar-refractivity contribution in [2.45, 2.75) is 51.3 Å². The molecule has 1 aromatic carbocycles. The van der Waals surface area contributed by atoms with Crippen LogP contribution >= 0.6 is 24.0 Å². The summed E-state index contributed by atoms with van der Waals surface area (Å²) in [5.74, 6) is 4.52. The van der Waals surface area contributed by atoms with Gasteiger partial charge in [0.1, 0.15) is 6.61 Å². The molecule has 150 valence electrons. The zero-order chi connectivity index (χ0) is 18.8. The van der Waals surface area contributed by atoms with Gasteiger partial charge in [-0.25, -0.2) is 4.99 Å². The lowest BCUT2D eigenvalue weighted by Crippen LogP contribution is -2.45. The van der Waals surface area contributed by atoms with Crippen LogP contribution in [0.25, 0.3) is 0 Å². The first-order valence-corrected chi connectivity index (χ1v) is 9.12. The van der Waals surface area contributed by atoms with E-state index in [0.717, 1.165) is 43.8 Å². The molecule has 0 radical (unpaired) electrons. The number of terminal acetylenes is 1. The standard InChI is InChI=1S/C20H29N3O3.HI/c1-4-12-26-19-13-15(6-11-18(19)25-3)14-22-20(21-5-2)23-16-7-9-17(24)10-8-16;/h1,6,11,13,16-17,24H,5,7-10,12,14H2,2-3H3,(H2,21,22,23);1H. The van der Waals surface area contributed by atoms with Gasteiger partial charge in [0.15, 0.2) is 17.5 Å². The van der Waals surface area contributed by atoms with E-state index in [1.165, 1.54) is 0 Å². The van der Waals surface area contributed by atoms with Crippen LogP contribution in [0.15, 0.2) is 23.2 Å². The van der Waals surface area contributed by atoms with Gasteiger partial charge in [0.2, 0.25) is 0 Å². The van der Waals surface area contributed by atoms with Gasteiger partial charge in [-0.15, -0.1) is 30.4 Å². The number of guanidine groups is 1. The molecule has 0 atom stereocenters. The quantitative estimate of drug-likeness (QED) is 0.239. The van der Waals surface area contributed by atoms with Crippen LogP contribution in [0, 0.1) is 12.3 Å². The second-order valence-electron chi connectivity index (χ2n) is 6.32. The van der Waals surface area contributed by atoms with Crippen molar-refractivity contribution in [3.05, 3.63) is 23.8 Å². The summed E-state index contributed by atoms with van der Waals surface area (Å²) in [5, 5.41) is 16.4. The van der Waals surface area contributed by atoms with Crippen molar-refractivity contribution in [3.8, 4) is 23.8 Å². The number of methoxy groups -OCH3 is 1. The number of halogens is 1. The van der Waals surface area contributed by atoms with Crippen molar-refractivity contribution in [3.63, 3.8) is 0 Å². The monoisotopic (exact) mass is 487 g/mol. The maximum atomic E-state index is 9.64. The summed E-state index contributed by atoms with van der Waals surface area (Å²) in [6, 6.07) is 6.08. The number of aliphatic imine (C=N–C) groups is 1. The van der Waals surface area contributed by atoms with Gasteiger partial charge < -0.3 is 25.2 Å². The van der Waals surface area contributed by atoms with E-state index in [-0.39, 0.29) is 36.7 Å². The van der Waals surface area contributed by atoms with Crippen LogP contribution < -0.4 is 20.1 Å². The predicted octanol–water partition coefficient (Wildman–Crippen LogP) is 2.68. The van der Waals surface area contributed by atoms with Gasteiger partial charge in [0, 0.05) is 12.6 Å². The minimum Gasteiger partial charge on any atom is -0.493 e. The van der Waals surface area contributed by atoms with Crippen molar-refractivity contribution in [2.24, 2.45) is 4.99 Å². The molecule has 0 unspecified atom stereocenters. The lowest BCUT2D eigenvalue weighted by molar-refractivity contribution is 0.120. The molecule has 7 heteroatoms. The lowest BCUT2D eigenvalue weighted by atomic mass is 9.93. The summed E-state index contributed by atoms with van der Waals surface area (Å²) >= 11 is 0. The fourth-order valence-electron chi connectivity index (χ4n) is 2.96. The number of aliphatic hydroxyl groups excluding tert-OH is 1. The van der Waals surface area contributed by atoms with Crippen LogP contribution in [-0.2, 0) is 6.54 Å². The largest absolute Gasteiger partial charge is 0.493 e. The molecule has 3 N–H and O–H groups in total. The second kappa shape index (κ2) is 12.7. The Morgan fingerprint density at radius 3 is 2.67 bits per heavy atom. The Morgan fingerprint density at radius 1 is 1.30 bits per heavy atom. The average Bonchev–Trinajstić information content (AvgIpc) is 2.66. The van der Waals surface area contributed by atoms with Gasteiger partial charge in [0.05, 0.1) is 19.8 Å². The van der Waals surface area contributed by atoms with E-state index in [0.29, 0.717) is 24.1 Å². The van der Waals surface area contributed by atoms with Crippen LogP contribution in [0.1, 0.15) is 38.2 Å². The minimum atomic E-state index is -0.159. The summed E-state index contributed by atoms with van der Waals surface area (Å²) in [6.45, 7) is 3.54. The van der Waals surface area contributed by atoms with E-state index in [9.17, 15) is 5.11 Å². The molecule has 0 saturated heterocycles. The number of rotatable bonds is 7. The number of aliphatic hydroxyl groups is 1. The third-order valence-electron chi connectivity index (χ3n) is 4.34. The molecule has 1 fully saturated rings. The Morgan fingerprint density at radius 2 is 2.04 bits per heavy atom. The number of benzene rings is 1. The van der Waals surface area contributed by atoms with Gasteiger partial charge in [-0.2, -0.15) is 0 Å². The van der Waals surface area contributed by atoms with Crippen LogP contribution in [0.3, 0.4) is 0 Å². The summed E-state index contributed by atoms with van der Waals surface area (Å²) in [5.41, 5.74) is 1.01. The molecule has 27 heavy (non-hydrogen) atoms. The van der Waals surface area contributed by atoms with Gasteiger partial charge >= 0.3 is 0 Å². The maximum absolute atomic E-state index is 9.64. The summed E-state index contributed by atoms with van der Waals surface area (Å²) in [4.78, 5) is 4.67. The van der Waals surface area contributed by atoms with Crippen LogP contribution in [0.2, 0.25) is 0 Å². The van der Waals surface area contributed by atoms with Crippen molar-refractivity contribution in [1.29, 1.82) is 0 Å². The van der Waals surface area contributed by atoms with E-state index >= 15 is 0 Å². The highest BCUT2D eigenvalue weighted by molar-refractivity contribution is 14.0. The first kappa shape index (κ1) is 23.4. The van der Waals surface area contributed by atoms with Crippen molar-refractivity contribution < 1.29 is 14.6 Å². The first-order chi connectivity index (χ1) is 12.7. The zero-order valence-electron chi connectivity index (χ0n) is 16.0. The Bertz CT molecular complexity index is 638. The number of hydrogen-bond acceptors (Lipinski definition) is 4. The Kier molecular flexibility index (Phi) is 11.0. The number of ether oxygens (including phenoxy) is 2. The summed E-state index contributed by atoms with van der Waals surface area (Å²) < 4.78 is 10.8. The predicted molar refractivity (Wildman–Crippen MR) is 119 cm³/mol. The Balaban J connectivity index is 0.00000364. The molecular weight excluding hydrogens is 457 g/mol. The molecule has 0 bridgehead atoms.